The van der Waals surface area contributed by atoms with E-state index in [0.29, 0.717) is 6.42 Å². The van der Waals surface area contributed by atoms with Gasteiger partial charge in [-0.3, -0.25) is 4.79 Å². The zero-order valence-electron chi connectivity index (χ0n) is 8.90. The maximum atomic E-state index is 11.6. The van der Waals surface area contributed by atoms with E-state index in [9.17, 15) is 9.90 Å². The van der Waals surface area contributed by atoms with Gasteiger partial charge in [-0.1, -0.05) is 18.5 Å². The molecule has 88 valence electrons. The molecule has 5 nitrogen and oxygen atoms in total. The van der Waals surface area contributed by atoms with E-state index in [1.54, 1.807) is 0 Å². The van der Waals surface area contributed by atoms with Crippen LogP contribution in [0.4, 0.5) is 5.69 Å². The minimum Gasteiger partial charge on any atom is -0.397 e. The maximum absolute atomic E-state index is 11.6. The lowest BCUT2D eigenvalue weighted by atomic mass is 10.2. The molecule has 0 aromatic carbocycles. The molecular formula is C10H14ClN3O2. The van der Waals surface area contributed by atoms with Crippen LogP contribution in [0.15, 0.2) is 12.3 Å². The minimum absolute atomic E-state index is 0.189. The number of carbonyl (C=O) groups excluding carboxylic acids is 1. The average molecular weight is 244 g/mol. The Morgan fingerprint density at radius 1 is 1.75 bits per heavy atom. The highest BCUT2D eigenvalue weighted by Gasteiger charge is 2.11. The number of carbonyl (C=O) groups is 1. The average Bonchev–Trinajstić information content (AvgIpc) is 2.28. The molecular weight excluding hydrogens is 230 g/mol. The van der Waals surface area contributed by atoms with Gasteiger partial charge in [0.15, 0.2) is 0 Å². The van der Waals surface area contributed by atoms with Crippen molar-refractivity contribution in [2.75, 3.05) is 12.3 Å². The second-order valence-electron chi connectivity index (χ2n) is 3.37. The monoisotopic (exact) mass is 243 g/mol. The Kier molecular flexibility index (Phi) is 4.52. The van der Waals surface area contributed by atoms with Gasteiger partial charge < -0.3 is 16.2 Å². The quantitative estimate of drug-likeness (QED) is 0.683. The van der Waals surface area contributed by atoms with Crippen LogP contribution in [0.1, 0.15) is 23.7 Å². The number of halogens is 1. The molecule has 0 saturated heterocycles. The summed E-state index contributed by atoms with van der Waals surface area (Å²) in [6, 6.07) is 1.39. The van der Waals surface area contributed by atoms with Crippen molar-refractivity contribution in [2.24, 2.45) is 0 Å². The van der Waals surface area contributed by atoms with Gasteiger partial charge in [-0.05, 0) is 12.5 Å². The standard InChI is InChI=1S/C10H14ClN3O2/c1-2-6(15)4-14-10(16)7-3-9(11)13-5-8(7)12/h3,5-6,15H,2,4,12H2,1H3,(H,14,16). The summed E-state index contributed by atoms with van der Waals surface area (Å²) < 4.78 is 0. The Morgan fingerprint density at radius 2 is 2.44 bits per heavy atom. The number of nitrogens with one attached hydrogen (secondary N) is 1. The second-order valence-corrected chi connectivity index (χ2v) is 3.75. The predicted molar refractivity (Wildman–Crippen MR) is 62.3 cm³/mol. The maximum Gasteiger partial charge on any atom is 0.253 e. The van der Waals surface area contributed by atoms with Crippen molar-refractivity contribution in [2.45, 2.75) is 19.4 Å². The molecule has 1 unspecified atom stereocenters. The van der Waals surface area contributed by atoms with Gasteiger partial charge >= 0.3 is 0 Å². The number of amides is 1. The number of aromatic nitrogens is 1. The van der Waals surface area contributed by atoms with Crippen LogP contribution in [0.2, 0.25) is 5.15 Å². The summed E-state index contributed by atoms with van der Waals surface area (Å²) in [5.74, 6) is -0.366. The lowest BCUT2D eigenvalue weighted by Gasteiger charge is -2.10. The van der Waals surface area contributed by atoms with Crippen LogP contribution in [0.25, 0.3) is 0 Å². The zero-order chi connectivity index (χ0) is 12.1. The molecule has 0 aliphatic carbocycles. The molecule has 1 rings (SSSR count). The second kappa shape index (κ2) is 5.67. The van der Waals surface area contributed by atoms with Crippen molar-refractivity contribution >= 4 is 23.2 Å². The topological polar surface area (TPSA) is 88.2 Å². The van der Waals surface area contributed by atoms with Gasteiger partial charge in [0.2, 0.25) is 0 Å². The summed E-state index contributed by atoms with van der Waals surface area (Å²) in [6.07, 6.45) is 1.35. The first-order valence-electron chi connectivity index (χ1n) is 4.91. The predicted octanol–water partition coefficient (Wildman–Crippen LogP) is 0.818. The van der Waals surface area contributed by atoms with E-state index < -0.39 is 6.10 Å². The summed E-state index contributed by atoms with van der Waals surface area (Å²) in [7, 11) is 0. The van der Waals surface area contributed by atoms with Crippen molar-refractivity contribution in [3.05, 3.63) is 23.0 Å². The number of hydrogen-bond acceptors (Lipinski definition) is 4. The molecule has 1 aromatic rings. The molecule has 0 radical (unpaired) electrons. The largest absolute Gasteiger partial charge is 0.397 e. The van der Waals surface area contributed by atoms with E-state index in [1.807, 2.05) is 6.92 Å². The van der Waals surface area contributed by atoms with Crippen LogP contribution in [0, 0.1) is 0 Å². The van der Waals surface area contributed by atoms with E-state index in [1.165, 1.54) is 12.3 Å². The Balaban J connectivity index is 2.69. The molecule has 0 bridgehead atoms. The van der Waals surface area contributed by atoms with Crippen LogP contribution in [-0.4, -0.2) is 28.6 Å². The lowest BCUT2D eigenvalue weighted by molar-refractivity contribution is 0.0914. The van der Waals surface area contributed by atoms with Crippen molar-refractivity contribution in [1.29, 1.82) is 0 Å². The molecule has 0 saturated carbocycles. The number of hydrogen-bond donors (Lipinski definition) is 3. The molecule has 0 spiro atoms. The Hall–Kier alpha value is -1.33. The first-order valence-corrected chi connectivity index (χ1v) is 5.29. The van der Waals surface area contributed by atoms with Crippen LogP contribution < -0.4 is 11.1 Å². The van der Waals surface area contributed by atoms with E-state index in [4.69, 9.17) is 17.3 Å². The van der Waals surface area contributed by atoms with Gasteiger partial charge in [-0.15, -0.1) is 0 Å². The van der Waals surface area contributed by atoms with Crippen LogP contribution in [-0.2, 0) is 0 Å². The third-order valence-corrected chi connectivity index (χ3v) is 2.32. The summed E-state index contributed by atoms with van der Waals surface area (Å²) in [4.78, 5) is 15.4. The molecule has 1 aromatic heterocycles. The molecule has 4 N–H and O–H groups in total. The number of nitrogens with zero attached hydrogens (tertiary/aromatic N) is 1. The Labute approximate surface area is 98.6 Å². The molecule has 16 heavy (non-hydrogen) atoms. The molecule has 0 aliphatic heterocycles. The fourth-order valence-electron chi connectivity index (χ4n) is 1.09. The SMILES string of the molecule is CCC(O)CNC(=O)c1cc(Cl)ncc1N. The van der Waals surface area contributed by atoms with Crippen molar-refractivity contribution in [3.63, 3.8) is 0 Å². The molecule has 1 heterocycles. The summed E-state index contributed by atoms with van der Waals surface area (Å²) in [5.41, 5.74) is 6.11. The first kappa shape index (κ1) is 12.7. The van der Waals surface area contributed by atoms with Gasteiger partial charge in [-0.25, -0.2) is 4.98 Å². The third kappa shape index (κ3) is 3.36. The summed E-state index contributed by atoms with van der Waals surface area (Å²) in [5, 5.41) is 12.1. The Morgan fingerprint density at radius 3 is 3.06 bits per heavy atom. The van der Waals surface area contributed by atoms with E-state index >= 15 is 0 Å². The summed E-state index contributed by atoms with van der Waals surface area (Å²) >= 11 is 5.65. The highest BCUT2D eigenvalue weighted by Crippen LogP contribution is 2.14. The molecule has 0 aliphatic rings. The molecule has 1 atom stereocenters. The number of nitrogen functional groups attached to an aromatic ring is 1. The van der Waals surface area contributed by atoms with Crippen molar-refractivity contribution in [1.82, 2.24) is 10.3 Å². The van der Waals surface area contributed by atoms with Crippen LogP contribution >= 0.6 is 11.6 Å². The highest BCUT2D eigenvalue weighted by molar-refractivity contribution is 6.29. The van der Waals surface area contributed by atoms with Gasteiger partial charge in [-0.2, -0.15) is 0 Å². The van der Waals surface area contributed by atoms with E-state index in [2.05, 4.69) is 10.3 Å². The molecule has 6 heteroatoms. The van der Waals surface area contributed by atoms with Gasteiger partial charge in [0.25, 0.3) is 5.91 Å². The van der Waals surface area contributed by atoms with Crippen molar-refractivity contribution < 1.29 is 9.90 Å². The molecule has 0 fully saturated rings. The number of pyridine rings is 1. The number of nitrogens with two attached hydrogens (primary N) is 1. The van der Waals surface area contributed by atoms with E-state index in [-0.39, 0.29) is 28.9 Å². The summed E-state index contributed by atoms with van der Waals surface area (Å²) in [6.45, 7) is 2.02. The zero-order valence-corrected chi connectivity index (χ0v) is 9.66. The number of aliphatic hydroxyl groups excluding tert-OH is 1. The highest BCUT2D eigenvalue weighted by atomic mass is 35.5. The van der Waals surface area contributed by atoms with Gasteiger partial charge in [0.05, 0.1) is 23.6 Å². The van der Waals surface area contributed by atoms with Crippen LogP contribution in [0.3, 0.4) is 0 Å². The van der Waals surface area contributed by atoms with E-state index in [0.717, 1.165) is 0 Å². The lowest BCUT2D eigenvalue weighted by Crippen LogP contribution is -2.32. The smallest absolute Gasteiger partial charge is 0.253 e. The Bertz CT molecular complexity index is 384. The van der Waals surface area contributed by atoms with Crippen molar-refractivity contribution in [3.8, 4) is 0 Å². The van der Waals surface area contributed by atoms with Crippen LogP contribution in [0.5, 0.6) is 0 Å². The number of rotatable bonds is 4. The molecule has 1 amide bonds. The van der Waals surface area contributed by atoms with Gasteiger partial charge in [0.1, 0.15) is 5.15 Å². The first-order chi connectivity index (χ1) is 7.54. The number of aliphatic hydroxyl groups is 1. The fourth-order valence-corrected chi connectivity index (χ4v) is 1.25. The fraction of sp³-hybridized carbons (Fsp3) is 0.400. The number of anilines is 1. The third-order valence-electron chi connectivity index (χ3n) is 2.12. The minimum atomic E-state index is -0.553. The van der Waals surface area contributed by atoms with Gasteiger partial charge in [0, 0.05) is 6.54 Å². The normalized spacial score (nSPS) is 12.2.